The second-order valence-electron chi connectivity index (χ2n) is 7.97. The summed E-state index contributed by atoms with van der Waals surface area (Å²) in [7, 11) is -3.57. The van der Waals surface area contributed by atoms with Gasteiger partial charge in [0.05, 0.1) is 31.0 Å². The first-order valence-electron chi connectivity index (χ1n) is 9.63. The van der Waals surface area contributed by atoms with Gasteiger partial charge in [0.25, 0.3) is 0 Å². The van der Waals surface area contributed by atoms with Crippen molar-refractivity contribution < 1.29 is 27.6 Å². The smallest absolute Gasteiger partial charge is 0.346 e. The highest BCUT2D eigenvalue weighted by molar-refractivity contribution is 7.48. The third-order valence-corrected chi connectivity index (χ3v) is 5.67. The van der Waals surface area contributed by atoms with Crippen molar-refractivity contribution in [3.05, 3.63) is 35.9 Å². The Kier molecular flexibility index (Phi) is 8.47. The molecule has 27 heavy (non-hydrogen) atoms. The van der Waals surface area contributed by atoms with Crippen LogP contribution in [0, 0.1) is 0 Å². The van der Waals surface area contributed by atoms with E-state index in [1.165, 1.54) is 0 Å². The summed E-state index contributed by atoms with van der Waals surface area (Å²) in [5, 5.41) is 0. The summed E-state index contributed by atoms with van der Waals surface area (Å²) in [6.07, 6.45) is 2.04. The first-order valence-corrected chi connectivity index (χ1v) is 11.1. The largest absolute Gasteiger partial charge is 0.475 e. The molecule has 1 saturated heterocycles. The highest BCUT2D eigenvalue weighted by Crippen LogP contribution is 2.53. The zero-order valence-electron chi connectivity index (χ0n) is 17.1. The number of phosphoric ester groups is 1. The van der Waals surface area contributed by atoms with Crippen LogP contribution in [0.1, 0.15) is 65.7 Å². The van der Waals surface area contributed by atoms with E-state index in [0.717, 1.165) is 24.8 Å². The van der Waals surface area contributed by atoms with Crippen molar-refractivity contribution in [2.24, 2.45) is 0 Å². The van der Waals surface area contributed by atoms with Crippen LogP contribution in [0.4, 0.5) is 0 Å². The van der Waals surface area contributed by atoms with Crippen LogP contribution < -0.4 is 0 Å². The normalized spacial score (nSPS) is 22.9. The molecular weight excluding hydrogens is 367 g/mol. The van der Waals surface area contributed by atoms with Crippen molar-refractivity contribution in [2.75, 3.05) is 13.2 Å². The fourth-order valence-corrected chi connectivity index (χ4v) is 4.40. The topological polar surface area (TPSA) is 63.2 Å². The number of unbranched alkanes of at least 4 members (excludes halogenated alkanes) is 1. The fourth-order valence-electron chi connectivity index (χ4n) is 2.71. The molecule has 6 nitrogen and oxygen atoms in total. The molecule has 0 bridgehead atoms. The lowest BCUT2D eigenvalue weighted by Crippen LogP contribution is -2.20. The molecule has 0 spiro atoms. The zero-order chi connectivity index (χ0) is 19.9. The van der Waals surface area contributed by atoms with E-state index in [1.54, 1.807) is 0 Å². The number of hydrogen-bond acceptors (Lipinski definition) is 6. The minimum Gasteiger partial charge on any atom is -0.346 e. The molecule has 2 rings (SSSR count). The van der Waals surface area contributed by atoms with Crippen molar-refractivity contribution in [1.82, 2.24) is 0 Å². The summed E-state index contributed by atoms with van der Waals surface area (Å²) in [5.74, 6) is 0. The first-order chi connectivity index (χ1) is 12.7. The summed E-state index contributed by atoms with van der Waals surface area (Å²) in [4.78, 5) is 0. The van der Waals surface area contributed by atoms with Gasteiger partial charge in [0, 0.05) is 5.56 Å². The second kappa shape index (κ2) is 10.1. The van der Waals surface area contributed by atoms with Crippen LogP contribution in [0.3, 0.4) is 0 Å². The molecule has 154 valence electrons. The molecule has 1 aromatic rings. The van der Waals surface area contributed by atoms with Gasteiger partial charge in [-0.3, -0.25) is 13.6 Å². The molecule has 1 aliphatic heterocycles. The maximum atomic E-state index is 12.7. The SMILES string of the molecule is CC(C)OP(=O)(OCCCCC1COC(c2ccccc2)O1)OC(C)(C)C. The van der Waals surface area contributed by atoms with Crippen molar-refractivity contribution in [3.63, 3.8) is 0 Å². The summed E-state index contributed by atoms with van der Waals surface area (Å²) in [6, 6.07) is 9.93. The molecule has 3 unspecified atom stereocenters. The Morgan fingerprint density at radius 2 is 1.89 bits per heavy atom. The van der Waals surface area contributed by atoms with E-state index in [1.807, 2.05) is 65.0 Å². The molecular formula is C20H33O6P. The van der Waals surface area contributed by atoms with Crippen molar-refractivity contribution in [1.29, 1.82) is 0 Å². The van der Waals surface area contributed by atoms with Crippen LogP contribution >= 0.6 is 7.82 Å². The van der Waals surface area contributed by atoms with Gasteiger partial charge >= 0.3 is 7.82 Å². The lowest BCUT2D eigenvalue weighted by molar-refractivity contribution is -0.0614. The van der Waals surface area contributed by atoms with Crippen LogP contribution in [-0.2, 0) is 27.6 Å². The standard InChI is InChI=1S/C20H33O6P/c1-16(2)25-27(21,26-20(3,4)5)23-14-10-9-13-18-15-22-19(24-18)17-11-7-6-8-12-17/h6-8,11-12,16,18-19H,9-10,13-15H2,1-5H3. The van der Waals surface area contributed by atoms with Crippen LogP contribution in [0.5, 0.6) is 0 Å². The molecule has 1 heterocycles. The number of rotatable bonds is 10. The molecule has 0 N–H and O–H groups in total. The van der Waals surface area contributed by atoms with E-state index in [-0.39, 0.29) is 18.5 Å². The minimum atomic E-state index is -3.57. The molecule has 0 saturated carbocycles. The molecule has 0 amide bonds. The van der Waals surface area contributed by atoms with Crippen LogP contribution in [0.15, 0.2) is 30.3 Å². The van der Waals surface area contributed by atoms with Gasteiger partial charge in [0.15, 0.2) is 6.29 Å². The van der Waals surface area contributed by atoms with Gasteiger partial charge < -0.3 is 9.47 Å². The van der Waals surface area contributed by atoms with E-state index >= 15 is 0 Å². The van der Waals surface area contributed by atoms with Gasteiger partial charge in [-0.15, -0.1) is 0 Å². The Bertz CT molecular complexity index is 598. The van der Waals surface area contributed by atoms with Crippen molar-refractivity contribution in [3.8, 4) is 0 Å². The average Bonchev–Trinajstić information content (AvgIpc) is 3.01. The van der Waals surface area contributed by atoms with Crippen molar-refractivity contribution >= 4 is 7.82 Å². The minimum absolute atomic E-state index is 0.0692. The predicted octanol–water partition coefficient (Wildman–Crippen LogP) is 5.64. The summed E-state index contributed by atoms with van der Waals surface area (Å²) in [6.45, 7) is 10.00. The summed E-state index contributed by atoms with van der Waals surface area (Å²) in [5.41, 5.74) is 0.431. The second-order valence-corrected chi connectivity index (χ2v) is 9.51. The third-order valence-electron chi connectivity index (χ3n) is 3.72. The monoisotopic (exact) mass is 400 g/mol. The van der Waals surface area contributed by atoms with Gasteiger partial charge in [-0.05, 0) is 53.9 Å². The fraction of sp³-hybridized carbons (Fsp3) is 0.700. The Labute approximate surface area is 163 Å². The molecule has 1 fully saturated rings. The van der Waals surface area contributed by atoms with Crippen molar-refractivity contribution in [2.45, 2.75) is 78.0 Å². The molecule has 3 atom stereocenters. The number of hydrogen-bond donors (Lipinski definition) is 0. The highest BCUT2D eigenvalue weighted by Gasteiger charge is 2.34. The molecule has 0 aromatic heterocycles. The van der Waals surface area contributed by atoms with Gasteiger partial charge in [0.2, 0.25) is 0 Å². The number of benzene rings is 1. The average molecular weight is 400 g/mol. The highest BCUT2D eigenvalue weighted by atomic mass is 31.2. The van der Waals surface area contributed by atoms with Crippen LogP contribution in [-0.4, -0.2) is 31.0 Å². The van der Waals surface area contributed by atoms with E-state index in [2.05, 4.69) is 0 Å². The molecule has 0 aliphatic carbocycles. The van der Waals surface area contributed by atoms with Gasteiger partial charge in [-0.1, -0.05) is 30.3 Å². The third kappa shape index (κ3) is 8.43. The maximum absolute atomic E-state index is 12.7. The van der Waals surface area contributed by atoms with Crippen LogP contribution in [0.25, 0.3) is 0 Å². The molecule has 0 radical (unpaired) electrons. The molecule has 1 aliphatic rings. The van der Waals surface area contributed by atoms with Gasteiger partial charge in [-0.2, -0.15) is 0 Å². The van der Waals surface area contributed by atoms with Crippen LogP contribution in [0.2, 0.25) is 0 Å². The lowest BCUT2D eigenvalue weighted by atomic mass is 10.2. The van der Waals surface area contributed by atoms with Gasteiger partial charge in [-0.25, -0.2) is 4.57 Å². The van der Waals surface area contributed by atoms with E-state index < -0.39 is 13.4 Å². The number of phosphoric acid groups is 1. The Balaban J connectivity index is 1.69. The van der Waals surface area contributed by atoms with E-state index in [0.29, 0.717) is 13.2 Å². The summed E-state index contributed by atoms with van der Waals surface area (Å²) >= 11 is 0. The van der Waals surface area contributed by atoms with E-state index in [9.17, 15) is 4.57 Å². The Morgan fingerprint density at radius 3 is 2.52 bits per heavy atom. The first kappa shape index (κ1) is 22.5. The Morgan fingerprint density at radius 1 is 1.19 bits per heavy atom. The summed E-state index contributed by atoms with van der Waals surface area (Å²) < 4.78 is 40.9. The maximum Gasteiger partial charge on any atom is 0.475 e. The van der Waals surface area contributed by atoms with Gasteiger partial charge in [0.1, 0.15) is 0 Å². The molecule has 1 aromatic carbocycles. The quantitative estimate of drug-likeness (QED) is 0.374. The zero-order valence-corrected chi connectivity index (χ0v) is 17.9. The Hall–Kier alpha value is -0.750. The molecule has 7 heteroatoms. The number of ether oxygens (including phenoxy) is 2. The predicted molar refractivity (Wildman–Crippen MR) is 104 cm³/mol. The lowest BCUT2D eigenvalue weighted by Gasteiger charge is -2.27. The van der Waals surface area contributed by atoms with E-state index in [4.69, 9.17) is 23.0 Å².